The maximum atomic E-state index is 15.7. The lowest BCUT2D eigenvalue weighted by molar-refractivity contribution is -0.179. The number of phosphoric ester groups is 4. The first-order valence-electron chi connectivity index (χ1n) is 38.9. The van der Waals surface area contributed by atoms with Crippen molar-refractivity contribution in [3.8, 4) is 23.0 Å². The van der Waals surface area contributed by atoms with Crippen LogP contribution in [-0.4, -0.2) is 133 Å². The van der Waals surface area contributed by atoms with Crippen molar-refractivity contribution in [2.45, 2.75) is 180 Å². The molecule has 16 rings (SSSR count). The average molecular weight is 1780 g/mol. The standard InChI is InChI=1S/4C18H20FN2O8P/c4*1-10-4-3-5-12-8-26-30(25,29-14(10)12)27-9-18(19)6-13(22)16(28-18)21-7-11(2)15(23)20-17(21)24/h4*3-5,7,13,16,22H,6,8-9H2,1-2H3,(H,20,23,24)/t4*13-,16-,18+,30?/m1111/s1/i9D2,16D;16D;9D2;. The van der Waals surface area contributed by atoms with E-state index in [1.807, 2.05) is 15.0 Å². The van der Waals surface area contributed by atoms with E-state index in [2.05, 4.69) is 4.98 Å². The van der Waals surface area contributed by atoms with Crippen LogP contribution >= 0.6 is 31.3 Å². The van der Waals surface area contributed by atoms with Gasteiger partial charge in [0.25, 0.3) is 22.2 Å². The van der Waals surface area contributed by atoms with Crippen molar-refractivity contribution < 1.29 is 138 Å². The summed E-state index contributed by atoms with van der Waals surface area (Å²) in [6.45, 7) is 2.87. The van der Waals surface area contributed by atoms with Crippen LogP contribution in [0.25, 0.3) is 0 Å². The fourth-order valence-corrected chi connectivity index (χ4v) is 17.7. The Kier molecular flexibility index (Phi) is 23.0. The molecule has 0 aliphatic carbocycles. The molecule has 4 aromatic carbocycles. The molecule has 0 bridgehead atoms. The molecular weight excluding hydrogens is 1690 g/mol. The average Bonchev–Trinajstić information content (AvgIpc) is 1.57. The Morgan fingerprint density at radius 2 is 0.633 bits per heavy atom. The molecule has 648 valence electrons. The van der Waals surface area contributed by atoms with E-state index >= 15 is 17.6 Å². The molecule has 4 unspecified atom stereocenters. The lowest BCUT2D eigenvalue weighted by atomic mass is 10.1. The molecule has 8 aliphatic rings. The van der Waals surface area contributed by atoms with Gasteiger partial charge in [0.15, 0.2) is 24.9 Å². The van der Waals surface area contributed by atoms with E-state index in [4.69, 9.17) is 81.5 Å². The van der Waals surface area contributed by atoms with Crippen LogP contribution in [0.4, 0.5) is 17.6 Å². The summed E-state index contributed by atoms with van der Waals surface area (Å²) < 4.78 is 247. The molecule has 40 nitrogen and oxygen atoms in total. The molecule has 4 aromatic heterocycles. The van der Waals surface area contributed by atoms with Crippen molar-refractivity contribution in [3.05, 3.63) is 248 Å². The first kappa shape index (κ1) is 80.5. The Bertz CT molecular complexity index is 6370. The minimum atomic E-state index is -4.70. The highest BCUT2D eigenvalue weighted by atomic mass is 31.2. The van der Waals surface area contributed by atoms with Gasteiger partial charge in [-0.2, -0.15) is 0 Å². The summed E-state index contributed by atoms with van der Waals surface area (Å²) in [7, 11) is -17.6. The van der Waals surface area contributed by atoms with Gasteiger partial charge < -0.3 is 57.5 Å². The summed E-state index contributed by atoms with van der Waals surface area (Å²) in [4.78, 5) is 103. The highest BCUT2D eigenvalue weighted by Gasteiger charge is 2.55. The molecule has 0 amide bonds. The number of aryl methyl sites for hydroxylation is 8. The Balaban J connectivity index is 0.000000144. The number of aliphatic hydroxyl groups excluding tert-OH is 4. The molecule has 4 fully saturated rings. The van der Waals surface area contributed by atoms with Crippen LogP contribution in [-0.2, 0) is 99.8 Å². The van der Waals surface area contributed by atoms with Crippen LogP contribution in [0, 0.1) is 55.4 Å². The van der Waals surface area contributed by atoms with Gasteiger partial charge in [0.2, 0.25) is 23.4 Å². The zero-order valence-corrected chi connectivity index (χ0v) is 67.7. The number of nitrogens with one attached hydrogen (secondary N) is 4. The number of aliphatic hydroxyl groups is 4. The van der Waals surface area contributed by atoms with E-state index in [1.54, 1.807) is 100 Å². The predicted molar refractivity (Wildman–Crippen MR) is 403 cm³/mol. The van der Waals surface area contributed by atoms with Crippen molar-refractivity contribution in [2.75, 3.05) is 26.3 Å². The second-order valence-corrected chi connectivity index (χ2v) is 34.6. The number of fused-ring (bicyclic) bond motifs is 4. The Labute approximate surface area is 682 Å². The number of benzene rings is 4. The lowest BCUT2D eigenvalue weighted by Gasteiger charge is -2.28. The predicted octanol–water partition coefficient (Wildman–Crippen LogP) is 7.33. The minimum absolute atomic E-state index is 0.0360. The SMILES string of the molecule is Cc1cccc2c1OP(=O)(OC[C@]1(F)C[C@@H](O)[C@H](n3cc(C)c(=O)[nH]c3=O)O1)OC2.[2H]C([2H])(OP1(=O)OCc2cccc(C)c2O1)[C@]1(F)C[C@@H](O)[C@H](n2cc(C)c(=O)[nH]c2=O)O1.[2H]C([2H])(OP1(=O)OCc2cccc(C)c2O1)[C@]1(F)C[C@@H](O)[C@]([2H])(n2cc(C)c(=O)[nH]c2=O)O1.[2H][C@@]1(n2cc(C)c(=O)[nH]c2=O)O[C@](F)(COP2(=O)OCc3cccc(C)c3O2)C[C@H]1O. The van der Waals surface area contributed by atoms with Crippen LogP contribution < -0.4 is 63.1 Å². The maximum Gasteiger partial charge on any atom is 0.530 e. The summed E-state index contributed by atoms with van der Waals surface area (Å²) >= 11 is 0. The fourth-order valence-electron chi connectivity index (χ4n) is 12.7. The van der Waals surface area contributed by atoms with Gasteiger partial charge >= 0.3 is 54.0 Å². The van der Waals surface area contributed by atoms with Crippen molar-refractivity contribution >= 4 is 31.3 Å². The van der Waals surface area contributed by atoms with Gasteiger partial charge in [0.05, 0.1) is 34.7 Å². The lowest BCUT2D eigenvalue weighted by Crippen LogP contribution is -2.37. The highest BCUT2D eigenvalue weighted by Crippen LogP contribution is 2.61. The minimum Gasteiger partial charge on any atom is -0.403 e. The van der Waals surface area contributed by atoms with Crippen LogP contribution in [0.2, 0.25) is 0 Å². The molecule has 12 heterocycles. The number of para-hydroxylation sites is 4. The van der Waals surface area contributed by atoms with Crippen molar-refractivity contribution in [3.63, 3.8) is 0 Å². The Morgan fingerprint density at radius 3 is 0.967 bits per heavy atom. The van der Waals surface area contributed by atoms with Gasteiger partial charge in [-0.25, -0.2) is 55.0 Å². The number of rotatable bonds is 16. The number of alkyl halides is 4. The molecule has 0 spiro atoms. The second kappa shape index (κ2) is 34.3. The van der Waals surface area contributed by atoms with Crippen LogP contribution in [0.3, 0.4) is 0 Å². The Hall–Kier alpha value is -9.20. The summed E-state index contributed by atoms with van der Waals surface area (Å²) in [5, 5.41) is 41.2. The summed E-state index contributed by atoms with van der Waals surface area (Å²) in [6.07, 6.45) is -14.9. The molecule has 8 N–H and O–H groups in total. The fraction of sp³-hybridized carbons (Fsp3) is 0.444. The molecule has 0 saturated carbocycles. The highest BCUT2D eigenvalue weighted by molar-refractivity contribution is 7.49. The van der Waals surface area contributed by atoms with Gasteiger partial charge in [-0.3, -0.25) is 93.6 Å². The monoisotopic (exact) mass is 1770 g/mol. The number of hydrogen-bond donors (Lipinski definition) is 8. The smallest absolute Gasteiger partial charge is 0.403 e. The second-order valence-electron chi connectivity index (χ2n) is 28.4. The molecule has 120 heavy (non-hydrogen) atoms. The van der Waals surface area contributed by atoms with E-state index in [-0.39, 0.29) is 60.2 Å². The summed E-state index contributed by atoms with van der Waals surface area (Å²) in [5.41, 5.74) is -1.62. The van der Waals surface area contributed by atoms with Gasteiger partial charge in [-0.05, 0) is 77.6 Å². The van der Waals surface area contributed by atoms with Crippen molar-refractivity contribution in [1.82, 2.24) is 38.2 Å². The topological polar surface area (TPSA) is 516 Å². The number of halogens is 4. The molecule has 48 heteroatoms. The van der Waals surface area contributed by atoms with Crippen molar-refractivity contribution in [1.29, 1.82) is 0 Å². The number of phosphoric acid groups is 4. The van der Waals surface area contributed by atoms with E-state index in [0.717, 1.165) is 39.5 Å². The number of aromatic nitrogens is 8. The molecule has 16 atom stereocenters. The van der Waals surface area contributed by atoms with Gasteiger partial charge in [0.1, 0.15) is 73.7 Å². The normalized spacial score (nSPS) is 32.9. The molecule has 8 aliphatic heterocycles. The maximum absolute atomic E-state index is 15.7. The van der Waals surface area contributed by atoms with Gasteiger partial charge in [0, 0.05) is 95.0 Å². The number of aromatic amines is 4. The molecule has 8 aromatic rings. The summed E-state index contributed by atoms with van der Waals surface area (Å²) in [6, 6.07) is 20.6. The van der Waals surface area contributed by atoms with Crippen LogP contribution in [0.5, 0.6) is 23.0 Å². The number of hydrogen-bond acceptors (Lipinski definition) is 32. The molecule has 0 radical (unpaired) electrons. The zero-order valence-electron chi connectivity index (χ0n) is 70.1. The van der Waals surface area contributed by atoms with Crippen LogP contribution in [0.15, 0.2) is 136 Å². The number of nitrogens with zero attached hydrogens (tertiary/aromatic N) is 4. The zero-order chi connectivity index (χ0) is 92.2. The quantitative estimate of drug-likeness (QED) is 0.0346. The Morgan fingerprint density at radius 1 is 0.383 bits per heavy atom. The number of H-pyrrole nitrogens is 4. The first-order chi connectivity index (χ1) is 58.6. The molecular formula is C72H80F4N8O32P4. The van der Waals surface area contributed by atoms with E-state index in [9.17, 15) is 77.0 Å². The third kappa shape index (κ3) is 19.5. The van der Waals surface area contributed by atoms with Gasteiger partial charge in [-0.15, -0.1) is 0 Å². The summed E-state index contributed by atoms with van der Waals surface area (Å²) in [5.74, 6) is -11.3. The van der Waals surface area contributed by atoms with Crippen molar-refractivity contribution in [2.24, 2.45) is 0 Å². The van der Waals surface area contributed by atoms with E-state index in [0.29, 0.717) is 59.6 Å². The molecule has 4 saturated heterocycles. The number of ether oxygens (including phenoxy) is 4. The third-order valence-corrected chi connectivity index (χ3v) is 23.8. The van der Waals surface area contributed by atoms with E-state index in [1.165, 1.54) is 27.7 Å². The van der Waals surface area contributed by atoms with Gasteiger partial charge in [-0.1, -0.05) is 72.8 Å². The van der Waals surface area contributed by atoms with Crippen LogP contribution in [0.1, 0.15) is 126 Å². The largest absolute Gasteiger partial charge is 0.530 e. The van der Waals surface area contributed by atoms with E-state index < -0.39 is 201 Å². The first-order valence-corrected chi connectivity index (χ1v) is 41.8. The third-order valence-electron chi connectivity index (χ3n) is 18.9.